The number of nitro benzene ring substituents is 1. The fourth-order valence-electron chi connectivity index (χ4n) is 2.42. The molecule has 0 N–H and O–H groups in total. The first-order chi connectivity index (χ1) is 9.59. The monoisotopic (exact) mass is 340 g/mol. The summed E-state index contributed by atoms with van der Waals surface area (Å²) in [7, 11) is 0. The second-order valence-electron chi connectivity index (χ2n) is 4.99. The lowest BCUT2D eigenvalue weighted by Gasteiger charge is -2.25. The molecule has 0 radical (unpaired) electrons. The molecule has 0 spiro atoms. The summed E-state index contributed by atoms with van der Waals surface area (Å²) in [6, 6.07) is 4.94. The molecule has 1 saturated heterocycles. The van der Waals surface area contributed by atoms with Gasteiger partial charge in [-0.25, -0.2) is 0 Å². The molecule has 1 aliphatic rings. The molecular formula is C14H17BrN2O3. The third kappa shape index (κ3) is 3.56. The quantitative estimate of drug-likeness (QED) is 0.623. The topological polar surface area (TPSA) is 63.5 Å². The van der Waals surface area contributed by atoms with Crippen LogP contribution in [0.1, 0.15) is 37.7 Å². The molecule has 1 heterocycles. The second-order valence-corrected chi connectivity index (χ2v) is 5.78. The molecule has 1 fully saturated rings. The minimum absolute atomic E-state index is 0.0435. The number of likely N-dealkylation sites (tertiary alicyclic amines) is 1. The lowest BCUT2D eigenvalue weighted by Crippen LogP contribution is -2.32. The molecule has 1 amide bonds. The predicted molar refractivity (Wildman–Crippen MR) is 79.3 cm³/mol. The smallest absolute Gasteiger partial charge is 0.283 e. The van der Waals surface area contributed by atoms with Crippen LogP contribution in [0.25, 0.3) is 0 Å². The predicted octanol–water partition coefficient (Wildman–Crippen LogP) is 3.65. The molecule has 108 valence electrons. The molecule has 0 bridgehead atoms. The van der Waals surface area contributed by atoms with Gasteiger partial charge in [-0.15, -0.1) is 0 Å². The lowest BCUT2D eigenvalue weighted by molar-refractivity contribution is -0.385. The van der Waals surface area contributed by atoms with E-state index in [4.69, 9.17) is 0 Å². The Morgan fingerprint density at radius 2 is 2.00 bits per heavy atom. The number of rotatable bonds is 3. The van der Waals surface area contributed by atoms with Crippen LogP contribution in [-0.4, -0.2) is 22.3 Å². The van der Waals surface area contributed by atoms with Crippen LogP contribution >= 0.6 is 15.9 Å². The standard InChI is InChI=1S/C14H17BrN2O3/c15-14-11(6-5-7-12(14)17(19)20)10-16-9-4-2-1-3-8-13(16)18/h5-7H,1-4,8-10H2. The van der Waals surface area contributed by atoms with Crippen molar-refractivity contribution >= 4 is 27.5 Å². The van der Waals surface area contributed by atoms with Gasteiger partial charge in [0.1, 0.15) is 4.47 Å². The number of carbonyl (C=O) groups excluding carboxylic acids is 1. The third-order valence-corrected chi connectivity index (χ3v) is 4.45. The first-order valence-corrected chi connectivity index (χ1v) is 7.58. The van der Waals surface area contributed by atoms with Gasteiger partial charge < -0.3 is 4.90 Å². The van der Waals surface area contributed by atoms with E-state index in [0.29, 0.717) is 17.4 Å². The summed E-state index contributed by atoms with van der Waals surface area (Å²) in [5.74, 6) is 0.142. The van der Waals surface area contributed by atoms with Crippen LogP contribution in [0.5, 0.6) is 0 Å². The van der Waals surface area contributed by atoms with Crippen molar-refractivity contribution in [3.8, 4) is 0 Å². The molecule has 0 unspecified atom stereocenters. The molecule has 1 aromatic rings. The van der Waals surface area contributed by atoms with Crippen molar-refractivity contribution in [3.63, 3.8) is 0 Å². The Labute approximate surface area is 126 Å². The number of hydrogen-bond acceptors (Lipinski definition) is 3. The van der Waals surface area contributed by atoms with Crippen molar-refractivity contribution in [2.75, 3.05) is 6.54 Å². The minimum Gasteiger partial charge on any atom is -0.338 e. The number of nitrogens with zero attached hydrogens (tertiary/aromatic N) is 2. The highest BCUT2D eigenvalue weighted by molar-refractivity contribution is 9.10. The van der Waals surface area contributed by atoms with E-state index in [-0.39, 0.29) is 11.6 Å². The van der Waals surface area contributed by atoms with E-state index in [0.717, 1.165) is 37.8 Å². The Balaban J connectivity index is 2.17. The van der Waals surface area contributed by atoms with E-state index in [9.17, 15) is 14.9 Å². The molecule has 0 saturated carbocycles. The van der Waals surface area contributed by atoms with Crippen LogP contribution in [0.3, 0.4) is 0 Å². The van der Waals surface area contributed by atoms with Gasteiger partial charge in [-0.3, -0.25) is 14.9 Å². The van der Waals surface area contributed by atoms with Crippen LogP contribution < -0.4 is 0 Å². The van der Waals surface area contributed by atoms with E-state index in [1.165, 1.54) is 6.07 Å². The zero-order valence-electron chi connectivity index (χ0n) is 11.2. The zero-order valence-corrected chi connectivity index (χ0v) is 12.8. The number of amides is 1. The molecule has 0 aliphatic carbocycles. The van der Waals surface area contributed by atoms with Gasteiger partial charge in [0.25, 0.3) is 5.69 Å². The van der Waals surface area contributed by atoms with Gasteiger partial charge in [0.2, 0.25) is 5.91 Å². The average molecular weight is 341 g/mol. The summed E-state index contributed by atoms with van der Waals surface area (Å²) in [5.41, 5.74) is 0.829. The maximum absolute atomic E-state index is 12.1. The highest BCUT2D eigenvalue weighted by Gasteiger charge is 2.20. The Morgan fingerprint density at radius 3 is 2.75 bits per heavy atom. The van der Waals surface area contributed by atoms with Gasteiger partial charge in [-0.2, -0.15) is 0 Å². The zero-order chi connectivity index (χ0) is 14.5. The van der Waals surface area contributed by atoms with Gasteiger partial charge >= 0.3 is 0 Å². The maximum Gasteiger partial charge on any atom is 0.283 e. The summed E-state index contributed by atoms with van der Waals surface area (Å²) < 4.78 is 0.472. The van der Waals surface area contributed by atoms with Gasteiger partial charge in [-0.05, 0) is 34.3 Å². The molecule has 1 aliphatic heterocycles. The highest BCUT2D eigenvalue weighted by Crippen LogP contribution is 2.29. The number of halogens is 1. The van der Waals surface area contributed by atoms with Gasteiger partial charge in [0.05, 0.1) is 4.92 Å². The van der Waals surface area contributed by atoms with E-state index in [1.807, 2.05) is 11.0 Å². The molecule has 5 nitrogen and oxygen atoms in total. The van der Waals surface area contributed by atoms with Gasteiger partial charge in [0.15, 0.2) is 0 Å². The number of nitro groups is 1. The largest absolute Gasteiger partial charge is 0.338 e. The average Bonchev–Trinajstić information content (AvgIpc) is 2.40. The summed E-state index contributed by atoms with van der Waals surface area (Å²) in [6.07, 6.45) is 4.76. The maximum atomic E-state index is 12.1. The van der Waals surface area contributed by atoms with Crippen molar-refractivity contribution in [2.45, 2.75) is 38.6 Å². The fraction of sp³-hybridized carbons (Fsp3) is 0.500. The molecule has 20 heavy (non-hydrogen) atoms. The van der Waals surface area contributed by atoms with E-state index in [1.54, 1.807) is 6.07 Å². The van der Waals surface area contributed by atoms with Crippen molar-refractivity contribution < 1.29 is 9.72 Å². The van der Waals surface area contributed by atoms with Crippen LogP contribution in [0.4, 0.5) is 5.69 Å². The van der Waals surface area contributed by atoms with Crippen LogP contribution in [0, 0.1) is 10.1 Å². The van der Waals surface area contributed by atoms with Crippen molar-refractivity contribution in [2.24, 2.45) is 0 Å². The Bertz CT molecular complexity index is 519. The molecule has 0 atom stereocenters. The van der Waals surface area contributed by atoms with E-state index in [2.05, 4.69) is 15.9 Å². The number of carbonyl (C=O) groups is 1. The fourth-order valence-corrected chi connectivity index (χ4v) is 2.95. The first-order valence-electron chi connectivity index (χ1n) is 6.79. The van der Waals surface area contributed by atoms with Crippen LogP contribution in [-0.2, 0) is 11.3 Å². The van der Waals surface area contributed by atoms with Crippen molar-refractivity contribution in [3.05, 3.63) is 38.3 Å². The number of benzene rings is 1. The first kappa shape index (κ1) is 15.0. The van der Waals surface area contributed by atoms with E-state index >= 15 is 0 Å². The summed E-state index contributed by atoms with van der Waals surface area (Å²) in [6.45, 7) is 1.16. The molecule has 0 aromatic heterocycles. The Kier molecular flexibility index (Phi) is 5.11. The lowest BCUT2D eigenvalue weighted by atomic mass is 10.1. The second kappa shape index (κ2) is 6.83. The van der Waals surface area contributed by atoms with Crippen LogP contribution in [0.15, 0.2) is 22.7 Å². The van der Waals surface area contributed by atoms with Crippen molar-refractivity contribution in [1.29, 1.82) is 0 Å². The van der Waals surface area contributed by atoms with Crippen molar-refractivity contribution in [1.82, 2.24) is 4.90 Å². The van der Waals surface area contributed by atoms with Crippen LogP contribution in [0.2, 0.25) is 0 Å². The van der Waals surface area contributed by atoms with E-state index < -0.39 is 4.92 Å². The molecule has 1 aromatic carbocycles. The van der Waals surface area contributed by atoms with Gasteiger partial charge in [-0.1, -0.05) is 25.0 Å². The van der Waals surface area contributed by atoms with Gasteiger partial charge in [0, 0.05) is 25.6 Å². The highest BCUT2D eigenvalue weighted by atomic mass is 79.9. The summed E-state index contributed by atoms with van der Waals surface area (Å²) in [4.78, 5) is 24.4. The minimum atomic E-state index is -0.414. The Morgan fingerprint density at radius 1 is 1.25 bits per heavy atom. The number of hydrogen-bond donors (Lipinski definition) is 0. The Hall–Kier alpha value is -1.43. The molecule has 2 rings (SSSR count). The summed E-state index contributed by atoms with van der Waals surface area (Å²) >= 11 is 3.28. The molecular weight excluding hydrogens is 324 g/mol. The summed E-state index contributed by atoms with van der Waals surface area (Å²) in [5, 5.41) is 10.9. The normalized spacial score (nSPS) is 16.6. The third-order valence-electron chi connectivity index (χ3n) is 3.54. The molecule has 6 heteroatoms. The SMILES string of the molecule is O=C1CCCCCCN1Cc1cccc([N+](=O)[O-])c1Br.